The lowest BCUT2D eigenvalue weighted by molar-refractivity contribution is -0.138. The van der Waals surface area contributed by atoms with E-state index in [-0.39, 0.29) is 18.2 Å². The number of carbonyl (C=O) groups excluding carboxylic acids is 1. The van der Waals surface area contributed by atoms with Gasteiger partial charge in [-0.25, -0.2) is 0 Å². The minimum atomic E-state index is -0.838. The molecule has 1 aromatic rings. The van der Waals surface area contributed by atoms with Crippen molar-refractivity contribution in [3.8, 4) is 0 Å². The van der Waals surface area contributed by atoms with Crippen LogP contribution in [0, 0.1) is 11.3 Å². The number of carbonyl (C=O) groups is 2. The summed E-state index contributed by atoms with van der Waals surface area (Å²) in [6.45, 7) is 6.01. The fourth-order valence-corrected chi connectivity index (χ4v) is 2.06. The van der Waals surface area contributed by atoms with Crippen LogP contribution in [0.5, 0.6) is 0 Å². The number of hydrogen-bond acceptors (Lipinski definition) is 2. The first-order valence-electron chi connectivity index (χ1n) is 6.85. The summed E-state index contributed by atoms with van der Waals surface area (Å²) in [5, 5.41) is 11.5. The van der Waals surface area contributed by atoms with Gasteiger partial charge >= 0.3 is 5.97 Å². The van der Waals surface area contributed by atoms with Crippen molar-refractivity contribution < 1.29 is 14.7 Å². The molecule has 0 saturated carbocycles. The van der Waals surface area contributed by atoms with E-state index in [2.05, 4.69) is 5.32 Å². The number of hydrogen-bond donors (Lipinski definition) is 2. The maximum Gasteiger partial charge on any atom is 0.303 e. The number of aliphatic carboxylic acids is 1. The molecule has 1 atom stereocenters. The van der Waals surface area contributed by atoms with Gasteiger partial charge in [0.1, 0.15) is 0 Å². The minimum absolute atomic E-state index is 0.0430. The molecule has 4 nitrogen and oxygen atoms in total. The van der Waals surface area contributed by atoms with E-state index < -0.39 is 11.4 Å². The first kappa shape index (κ1) is 16.2. The summed E-state index contributed by atoms with van der Waals surface area (Å²) in [5.41, 5.74) is 0.607. The van der Waals surface area contributed by atoms with Gasteiger partial charge in [0.15, 0.2) is 0 Å². The molecule has 0 aliphatic carbocycles. The van der Waals surface area contributed by atoms with Crippen LogP contribution in [-0.4, -0.2) is 23.5 Å². The van der Waals surface area contributed by atoms with Crippen LogP contribution in [0.4, 0.5) is 0 Å². The number of benzene rings is 1. The lowest BCUT2D eigenvalue weighted by Gasteiger charge is -2.24. The molecule has 0 bridgehead atoms. The monoisotopic (exact) mass is 277 g/mol. The van der Waals surface area contributed by atoms with Crippen LogP contribution in [0.2, 0.25) is 0 Å². The Morgan fingerprint density at radius 3 is 2.40 bits per heavy atom. The number of amides is 1. The zero-order valence-electron chi connectivity index (χ0n) is 12.3. The summed E-state index contributed by atoms with van der Waals surface area (Å²) >= 11 is 0. The Hall–Kier alpha value is -1.84. The number of rotatable bonds is 7. The first-order valence-corrected chi connectivity index (χ1v) is 6.85. The van der Waals surface area contributed by atoms with E-state index in [0.717, 1.165) is 5.56 Å². The second-order valence-electron chi connectivity index (χ2n) is 5.96. The molecule has 0 aliphatic heterocycles. The Morgan fingerprint density at radius 1 is 1.25 bits per heavy atom. The zero-order valence-corrected chi connectivity index (χ0v) is 12.3. The van der Waals surface area contributed by atoms with Crippen LogP contribution >= 0.6 is 0 Å². The number of carboxylic acids is 1. The Kier molecular flexibility index (Phi) is 5.74. The molecular formula is C16H23NO3. The summed E-state index contributed by atoms with van der Waals surface area (Å²) in [6, 6.07) is 9.87. The van der Waals surface area contributed by atoms with Gasteiger partial charge < -0.3 is 10.4 Å². The molecular weight excluding hydrogens is 254 g/mol. The maximum absolute atomic E-state index is 12.2. The van der Waals surface area contributed by atoms with Crippen LogP contribution in [-0.2, 0) is 16.0 Å². The highest BCUT2D eigenvalue weighted by atomic mass is 16.4. The Labute approximate surface area is 120 Å². The molecule has 0 fully saturated rings. The van der Waals surface area contributed by atoms with Gasteiger partial charge in [-0.15, -0.1) is 0 Å². The van der Waals surface area contributed by atoms with Gasteiger partial charge in [-0.3, -0.25) is 9.59 Å². The van der Waals surface area contributed by atoms with E-state index in [9.17, 15) is 9.59 Å². The quantitative estimate of drug-likeness (QED) is 0.804. The molecule has 1 rings (SSSR count). The Bertz CT molecular complexity index is 454. The third-order valence-corrected chi connectivity index (χ3v) is 3.24. The molecule has 110 valence electrons. The maximum atomic E-state index is 12.2. The molecule has 0 heterocycles. The predicted molar refractivity (Wildman–Crippen MR) is 78.4 cm³/mol. The molecule has 0 spiro atoms. The van der Waals surface area contributed by atoms with Crippen molar-refractivity contribution >= 4 is 11.9 Å². The van der Waals surface area contributed by atoms with Gasteiger partial charge in [-0.1, -0.05) is 51.1 Å². The van der Waals surface area contributed by atoms with Gasteiger partial charge in [0, 0.05) is 18.4 Å². The molecule has 0 saturated heterocycles. The van der Waals surface area contributed by atoms with Gasteiger partial charge in [-0.2, -0.15) is 0 Å². The number of carboxylic acid groups (broad SMARTS) is 1. The summed E-state index contributed by atoms with van der Waals surface area (Å²) in [7, 11) is 0. The van der Waals surface area contributed by atoms with E-state index in [0.29, 0.717) is 13.0 Å². The average Bonchev–Trinajstić information content (AvgIpc) is 2.35. The smallest absolute Gasteiger partial charge is 0.303 e. The Morgan fingerprint density at radius 2 is 1.85 bits per heavy atom. The van der Waals surface area contributed by atoms with Crippen LogP contribution in [0.15, 0.2) is 30.3 Å². The van der Waals surface area contributed by atoms with Crippen molar-refractivity contribution in [2.75, 3.05) is 6.54 Å². The van der Waals surface area contributed by atoms with Crippen molar-refractivity contribution in [3.63, 3.8) is 0 Å². The van der Waals surface area contributed by atoms with E-state index >= 15 is 0 Å². The molecule has 1 aromatic carbocycles. The van der Waals surface area contributed by atoms with Crippen LogP contribution in [0.3, 0.4) is 0 Å². The lowest BCUT2D eigenvalue weighted by atomic mass is 9.84. The van der Waals surface area contributed by atoms with Crippen LogP contribution in [0.25, 0.3) is 0 Å². The fourth-order valence-electron chi connectivity index (χ4n) is 2.06. The zero-order chi connectivity index (χ0) is 15.2. The summed E-state index contributed by atoms with van der Waals surface area (Å²) in [4.78, 5) is 22.8. The first-order chi connectivity index (χ1) is 9.31. The topological polar surface area (TPSA) is 66.4 Å². The molecule has 1 unspecified atom stereocenters. The highest BCUT2D eigenvalue weighted by molar-refractivity contribution is 5.82. The van der Waals surface area contributed by atoms with Crippen molar-refractivity contribution in [2.45, 2.75) is 33.6 Å². The molecule has 20 heavy (non-hydrogen) atoms. The van der Waals surface area contributed by atoms with Crippen molar-refractivity contribution in [1.82, 2.24) is 5.32 Å². The summed E-state index contributed by atoms with van der Waals surface area (Å²) in [5.74, 6) is -0.946. The molecule has 4 heteroatoms. The van der Waals surface area contributed by atoms with Crippen molar-refractivity contribution in [2.24, 2.45) is 11.3 Å². The summed E-state index contributed by atoms with van der Waals surface area (Å²) in [6.07, 6.45) is 0.729. The molecule has 0 aliphatic rings. The third-order valence-electron chi connectivity index (χ3n) is 3.24. The molecule has 1 amide bonds. The average molecular weight is 277 g/mol. The van der Waals surface area contributed by atoms with Crippen LogP contribution < -0.4 is 5.32 Å². The normalized spacial score (nSPS) is 12.8. The number of nitrogens with one attached hydrogen (secondary N) is 1. The van der Waals surface area contributed by atoms with Gasteiger partial charge in [0.25, 0.3) is 0 Å². The predicted octanol–water partition coefficient (Wildman–Crippen LogP) is 2.48. The van der Waals surface area contributed by atoms with E-state index in [1.807, 2.05) is 51.1 Å². The minimum Gasteiger partial charge on any atom is -0.481 e. The van der Waals surface area contributed by atoms with Crippen molar-refractivity contribution in [3.05, 3.63) is 35.9 Å². The van der Waals surface area contributed by atoms with E-state index in [4.69, 9.17) is 5.11 Å². The SMILES string of the molecule is CC(CNC(=O)C(C)(C)Cc1ccccc1)CC(=O)O. The molecule has 2 N–H and O–H groups in total. The Balaban J connectivity index is 2.50. The molecule has 0 aromatic heterocycles. The van der Waals surface area contributed by atoms with Gasteiger partial charge in [-0.05, 0) is 17.9 Å². The van der Waals surface area contributed by atoms with Gasteiger partial charge in [0.05, 0.1) is 0 Å². The van der Waals surface area contributed by atoms with Crippen molar-refractivity contribution in [1.29, 1.82) is 0 Å². The van der Waals surface area contributed by atoms with E-state index in [1.54, 1.807) is 0 Å². The highest BCUT2D eigenvalue weighted by Crippen LogP contribution is 2.22. The largest absolute Gasteiger partial charge is 0.481 e. The molecule has 0 radical (unpaired) electrons. The fraction of sp³-hybridized carbons (Fsp3) is 0.500. The third kappa shape index (κ3) is 5.43. The second-order valence-corrected chi connectivity index (χ2v) is 5.96. The standard InChI is InChI=1S/C16H23NO3/c1-12(9-14(18)19)11-17-15(20)16(2,3)10-13-7-5-4-6-8-13/h4-8,12H,9-11H2,1-3H3,(H,17,20)(H,18,19). The highest BCUT2D eigenvalue weighted by Gasteiger charge is 2.28. The van der Waals surface area contributed by atoms with E-state index in [1.165, 1.54) is 0 Å². The summed E-state index contributed by atoms with van der Waals surface area (Å²) < 4.78 is 0. The van der Waals surface area contributed by atoms with Gasteiger partial charge in [0.2, 0.25) is 5.91 Å². The van der Waals surface area contributed by atoms with Crippen LogP contribution in [0.1, 0.15) is 32.8 Å². The lowest BCUT2D eigenvalue weighted by Crippen LogP contribution is -2.40. The second kappa shape index (κ2) is 7.08.